The third-order valence-corrected chi connectivity index (χ3v) is 2.91. The first-order valence-electron chi connectivity index (χ1n) is 5.35. The van der Waals surface area contributed by atoms with Gasteiger partial charge in [0.15, 0.2) is 0 Å². The van der Waals surface area contributed by atoms with Gasteiger partial charge in [0, 0.05) is 26.3 Å². The van der Waals surface area contributed by atoms with Crippen LogP contribution in [0.25, 0.3) is 0 Å². The minimum Gasteiger partial charge on any atom is -0.481 e. The summed E-state index contributed by atoms with van der Waals surface area (Å²) in [5.41, 5.74) is 3.96. The van der Waals surface area contributed by atoms with E-state index in [-0.39, 0.29) is 25.1 Å². The molecule has 0 fully saturated rings. The van der Waals surface area contributed by atoms with E-state index in [0.717, 1.165) is 12.1 Å². The van der Waals surface area contributed by atoms with Crippen molar-refractivity contribution in [1.82, 2.24) is 0 Å². The number of carboxylic acid groups (broad SMARTS) is 1. The van der Waals surface area contributed by atoms with Crippen LogP contribution in [-0.2, 0) is 14.9 Å². The molecular formula is C12H15F2NO3. The summed E-state index contributed by atoms with van der Waals surface area (Å²) in [6.45, 7) is -0.143. The summed E-state index contributed by atoms with van der Waals surface area (Å²) in [5, 5.41) is 9.31. The van der Waals surface area contributed by atoms with E-state index in [4.69, 9.17) is 10.5 Å². The fraction of sp³-hybridized carbons (Fsp3) is 0.417. The maximum Gasteiger partial charge on any atom is 0.315 e. The van der Waals surface area contributed by atoms with E-state index in [1.165, 1.54) is 7.11 Å². The average Bonchev–Trinajstić information content (AvgIpc) is 2.29. The first-order valence-corrected chi connectivity index (χ1v) is 5.35. The molecule has 0 spiro atoms. The van der Waals surface area contributed by atoms with Crippen LogP contribution >= 0.6 is 0 Å². The number of ether oxygens (including phenoxy) is 1. The highest BCUT2D eigenvalue weighted by Gasteiger charge is 2.39. The van der Waals surface area contributed by atoms with E-state index in [0.29, 0.717) is 6.07 Å². The quantitative estimate of drug-likeness (QED) is 0.807. The van der Waals surface area contributed by atoms with Gasteiger partial charge < -0.3 is 15.6 Å². The van der Waals surface area contributed by atoms with Crippen LogP contribution in [0, 0.1) is 11.6 Å². The zero-order valence-electron chi connectivity index (χ0n) is 9.95. The smallest absolute Gasteiger partial charge is 0.315 e. The van der Waals surface area contributed by atoms with Crippen LogP contribution in [0.15, 0.2) is 18.2 Å². The topological polar surface area (TPSA) is 72.5 Å². The van der Waals surface area contributed by atoms with Crippen molar-refractivity contribution in [3.05, 3.63) is 35.4 Å². The number of rotatable bonds is 6. The molecule has 0 heterocycles. The van der Waals surface area contributed by atoms with Crippen LogP contribution in [0.4, 0.5) is 8.78 Å². The summed E-state index contributed by atoms with van der Waals surface area (Å²) < 4.78 is 31.2. The van der Waals surface area contributed by atoms with Gasteiger partial charge in [-0.15, -0.1) is 0 Å². The molecule has 0 aromatic heterocycles. The number of hydrogen-bond donors (Lipinski definition) is 2. The van der Waals surface area contributed by atoms with E-state index in [1.807, 2.05) is 0 Å². The van der Waals surface area contributed by atoms with Gasteiger partial charge >= 0.3 is 5.97 Å². The van der Waals surface area contributed by atoms with Gasteiger partial charge in [-0.1, -0.05) is 0 Å². The standard InChI is InChI=1S/C12H15F2NO3/c1-18-3-2-12(7-15,11(16)17)8-4-9(13)6-10(14)5-8/h4-6H,2-3,7,15H2,1H3,(H,16,17). The molecule has 1 aromatic rings. The van der Waals surface area contributed by atoms with Crippen LogP contribution in [-0.4, -0.2) is 31.3 Å². The SMILES string of the molecule is COCCC(CN)(C(=O)O)c1cc(F)cc(F)c1. The Balaban J connectivity index is 3.27. The van der Waals surface area contributed by atoms with E-state index >= 15 is 0 Å². The first kappa shape index (κ1) is 14.5. The molecule has 100 valence electrons. The molecule has 0 bridgehead atoms. The van der Waals surface area contributed by atoms with Crippen molar-refractivity contribution in [2.45, 2.75) is 11.8 Å². The largest absolute Gasteiger partial charge is 0.481 e. The molecule has 0 amide bonds. The van der Waals surface area contributed by atoms with Crippen molar-refractivity contribution in [1.29, 1.82) is 0 Å². The van der Waals surface area contributed by atoms with Crippen molar-refractivity contribution in [3.63, 3.8) is 0 Å². The summed E-state index contributed by atoms with van der Waals surface area (Å²) in [7, 11) is 1.41. The number of nitrogens with two attached hydrogens (primary N) is 1. The van der Waals surface area contributed by atoms with Gasteiger partial charge in [-0.2, -0.15) is 0 Å². The Morgan fingerprint density at radius 2 is 1.94 bits per heavy atom. The average molecular weight is 259 g/mol. The lowest BCUT2D eigenvalue weighted by Gasteiger charge is -2.28. The zero-order chi connectivity index (χ0) is 13.8. The minimum absolute atomic E-state index is 0.00653. The summed E-state index contributed by atoms with van der Waals surface area (Å²) in [6.07, 6.45) is 0.0399. The molecule has 0 aliphatic carbocycles. The highest BCUT2D eigenvalue weighted by Crippen LogP contribution is 2.29. The monoisotopic (exact) mass is 259 g/mol. The molecule has 0 aliphatic rings. The third-order valence-electron chi connectivity index (χ3n) is 2.91. The minimum atomic E-state index is -1.54. The Bertz CT molecular complexity index is 419. The lowest BCUT2D eigenvalue weighted by Crippen LogP contribution is -2.44. The number of benzene rings is 1. The van der Waals surface area contributed by atoms with Gasteiger partial charge in [-0.3, -0.25) is 4.79 Å². The molecule has 0 saturated heterocycles. The molecule has 1 aromatic carbocycles. The van der Waals surface area contributed by atoms with Gasteiger partial charge in [-0.05, 0) is 24.1 Å². The Hall–Kier alpha value is -1.53. The summed E-state index contributed by atoms with van der Waals surface area (Å²) in [6, 6.07) is 2.66. The molecule has 18 heavy (non-hydrogen) atoms. The van der Waals surface area contributed by atoms with Crippen LogP contribution in [0.2, 0.25) is 0 Å². The van der Waals surface area contributed by atoms with Crippen molar-refractivity contribution >= 4 is 5.97 Å². The molecule has 1 atom stereocenters. The Labute approximate surface area is 103 Å². The van der Waals surface area contributed by atoms with Gasteiger partial charge in [0.05, 0.1) is 0 Å². The van der Waals surface area contributed by atoms with E-state index in [2.05, 4.69) is 0 Å². The van der Waals surface area contributed by atoms with Crippen molar-refractivity contribution in [3.8, 4) is 0 Å². The molecule has 0 radical (unpaired) electrons. The zero-order valence-corrected chi connectivity index (χ0v) is 9.95. The number of halogens is 2. The van der Waals surface area contributed by atoms with E-state index in [1.54, 1.807) is 0 Å². The second-order valence-corrected chi connectivity index (χ2v) is 3.99. The highest BCUT2D eigenvalue weighted by atomic mass is 19.1. The second-order valence-electron chi connectivity index (χ2n) is 3.99. The Kier molecular flexibility index (Phi) is 4.75. The maximum absolute atomic E-state index is 13.2. The predicted octanol–water partition coefficient (Wildman–Crippen LogP) is 1.28. The van der Waals surface area contributed by atoms with E-state index in [9.17, 15) is 18.7 Å². The van der Waals surface area contributed by atoms with Crippen molar-refractivity contribution < 1.29 is 23.4 Å². The molecule has 3 N–H and O–H groups in total. The molecule has 1 rings (SSSR count). The summed E-state index contributed by atoms with van der Waals surface area (Å²) >= 11 is 0. The van der Waals surface area contributed by atoms with Crippen molar-refractivity contribution in [2.75, 3.05) is 20.3 Å². The van der Waals surface area contributed by atoms with Crippen molar-refractivity contribution in [2.24, 2.45) is 5.73 Å². The normalized spacial score (nSPS) is 14.2. The fourth-order valence-electron chi connectivity index (χ4n) is 1.79. The third kappa shape index (κ3) is 2.83. The van der Waals surface area contributed by atoms with Gasteiger partial charge in [0.2, 0.25) is 0 Å². The Morgan fingerprint density at radius 1 is 1.39 bits per heavy atom. The fourth-order valence-corrected chi connectivity index (χ4v) is 1.79. The molecule has 6 heteroatoms. The molecule has 1 unspecified atom stereocenters. The summed E-state index contributed by atoms with van der Waals surface area (Å²) in [4.78, 5) is 11.4. The van der Waals surface area contributed by atoms with Crippen LogP contribution in [0.3, 0.4) is 0 Å². The van der Waals surface area contributed by atoms with Crippen LogP contribution in [0.5, 0.6) is 0 Å². The first-order chi connectivity index (χ1) is 8.46. The predicted molar refractivity (Wildman–Crippen MR) is 61.2 cm³/mol. The van der Waals surface area contributed by atoms with Crippen LogP contribution < -0.4 is 5.73 Å². The molecule has 4 nitrogen and oxygen atoms in total. The molecule has 0 saturated carbocycles. The molecule has 0 aliphatic heterocycles. The lowest BCUT2D eigenvalue weighted by molar-refractivity contribution is -0.144. The van der Waals surface area contributed by atoms with Gasteiger partial charge in [0.25, 0.3) is 0 Å². The summed E-state index contributed by atoms with van der Waals surface area (Å²) in [5.74, 6) is -2.89. The van der Waals surface area contributed by atoms with Crippen LogP contribution in [0.1, 0.15) is 12.0 Å². The van der Waals surface area contributed by atoms with Gasteiger partial charge in [-0.25, -0.2) is 8.78 Å². The Morgan fingerprint density at radius 3 is 2.33 bits per heavy atom. The number of methoxy groups -OCH3 is 1. The lowest BCUT2D eigenvalue weighted by atomic mass is 9.77. The maximum atomic E-state index is 13.2. The highest BCUT2D eigenvalue weighted by molar-refractivity contribution is 5.81. The second kappa shape index (κ2) is 5.88. The number of aliphatic carboxylic acids is 1. The molecular weight excluding hydrogens is 244 g/mol. The van der Waals surface area contributed by atoms with E-state index < -0.39 is 23.0 Å². The number of carbonyl (C=O) groups is 1. The number of hydrogen-bond acceptors (Lipinski definition) is 3. The van der Waals surface area contributed by atoms with Gasteiger partial charge in [0.1, 0.15) is 17.0 Å². The number of carboxylic acids is 1.